The summed E-state index contributed by atoms with van der Waals surface area (Å²) in [5.74, 6) is 1.69. The largest absolute Gasteiger partial charge is 0.495 e. The van der Waals surface area contributed by atoms with Crippen LogP contribution in [0.1, 0.15) is 43.0 Å². The van der Waals surface area contributed by atoms with Gasteiger partial charge in [0.2, 0.25) is 0 Å². The van der Waals surface area contributed by atoms with E-state index in [0.717, 1.165) is 31.4 Å². The minimum absolute atomic E-state index is 0.0820. The highest BCUT2D eigenvalue weighted by atomic mass is 16.5. The number of carbonyl (C=O) groups excluding carboxylic acids is 2. The Bertz CT molecular complexity index is 877. The van der Waals surface area contributed by atoms with E-state index >= 15 is 0 Å². The van der Waals surface area contributed by atoms with E-state index in [1.165, 1.54) is 0 Å². The van der Waals surface area contributed by atoms with E-state index < -0.39 is 0 Å². The Morgan fingerprint density at radius 2 is 1.78 bits per heavy atom. The highest BCUT2D eigenvalue weighted by Crippen LogP contribution is 2.24. The van der Waals surface area contributed by atoms with Crippen LogP contribution in [0.5, 0.6) is 11.5 Å². The van der Waals surface area contributed by atoms with Gasteiger partial charge in [0.05, 0.1) is 19.4 Å². The third-order valence-corrected chi connectivity index (χ3v) is 5.68. The fraction of sp³-hybridized carbons (Fsp3) is 0.440. The number of hydrogen-bond donors (Lipinski definition) is 2. The number of carbonyl (C=O) groups is 2. The number of nitrogens with one attached hydrogen (secondary N) is 2. The molecule has 0 saturated carbocycles. The zero-order valence-corrected chi connectivity index (χ0v) is 18.9. The van der Waals surface area contributed by atoms with E-state index in [2.05, 4.69) is 17.6 Å². The van der Waals surface area contributed by atoms with Crippen molar-refractivity contribution in [3.05, 3.63) is 54.1 Å². The van der Waals surface area contributed by atoms with Gasteiger partial charge in [0.25, 0.3) is 5.91 Å². The van der Waals surface area contributed by atoms with Gasteiger partial charge in [-0.15, -0.1) is 0 Å². The lowest BCUT2D eigenvalue weighted by molar-refractivity contribution is 0.0938. The first-order chi connectivity index (χ1) is 15.6. The number of para-hydroxylation sites is 2. The van der Waals surface area contributed by atoms with E-state index in [1.54, 1.807) is 19.2 Å². The van der Waals surface area contributed by atoms with Gasteiger partial charge in [0.1, 0.15) is 11.5 Å². The van der Waals surface area contributed by atoms with Crippen molar-refractivity contribution in [2.24, 2.45) is 5.92 Å². The van der Waals surface area contributed by atoms with Crippen molar-refractivity contribution in [2.75, 3.05) is 38.7 Å². The van der Waals surface area contributed by atoms with Crippen molar-refractivity contribution in [2.45, 2.75) is 32.6 Å². The quantitative estimate of drug-likeness (QED) is 0.562. The zero-order chi connectivity index (χ0) is 22.8. The SMILES string of the molecule is CCCCOc1ccc(C(=O)NCC2CCN(C(=O)Nc3ccccc3OC)CC2)cc1. The monoisotopic (exact) mass is 439 g/mol. The highest BCUT2D eigenvalue weighted by Gasteiger charge is 2.23. The molecule has 1 heterocycles. The topological polar surface area (TPSA) is 79.9 Å². The number of benzene rings is 2. The second-order valence-corrected chi connectivity index (χ2v) is 8.00. The maximum absolute atomic E-state index is 12.6. The normalized spacial score (nSPS) is 14.0. The Morgan fingerprint density at radius 3 is 2.47 bits per heavy atom. The van der Waals surface area contributed by atoms with Crippen molar-refractivity contribution in [3.63, 3.8) is 0 Å². The average Bonchev–Trinajstić information content (AvgIpc) is 2.83. The summed E-state index contributed by atoms with van der Waals surface area (Å²) in [4.78, 5) is 26.8. The number of nitrogens with zero attached hydrogens (tertiary/aromatic N) is 1. The number of unbranched alkanes of at least 4 members (excludes halogenated alkanes) is 1. The summed E-state index contributed by atoms with van der Waals surface area (Å²) >= 11 is 0. The van der Waals surface area contributed by atoms with Gasteiger partial charge in [-0.05, 0) is 61.6 Å². The molecule has 2 N–H and O–H groups in total. The van der Waals surface area contributed by atoms with Crippen LogP contribution in [-0.2, 0) is 0 Å². The number of hydrogen-bond acceptors (Lipinski definition) is 4. The smallest absolute Gasteiger partial charge is 0.321 e. The van der Waals surface area contributed by atoms with E-state index in [4.69, 9.17) is 9.47 Å². The lowest BCUT2D eigenvalue weighted by Gasteiger charge is -2.32. The Kier molecular flexibility index (Phi) is 8.78. The van der Waals surface area contributed by atoms with E-state index in [9.17, 15) is 9.59 Å². The van der Waals surface area contributed by atoms with Crippen molar-refractivity contribution in [3.8, 4) is 11.5 Å². The standard InChI is InChI=1S/C25H33N3O4/c1-3-4-17-32-21-11-9-20(10-12-21)24(29)26-18-19-13-15-28(16-14-19)25(30)27-22-7-5-6-8-23(22)31-2/h5-12,19H,3-4,13-18H2,1-2H3,(H,26,29)(H,27,30). The molecule has 3 amide bonds. The Labute approximate surface area is 190 Å². The number of ether oxygens (including phenoxy) is 2. The van der Waals surface area contributed by atoms with Gasteiger partial charge < -0.3 is 25.0 Å². The first kappa shape index (κ1) is 23.4. The predicted molar refractivity (Wildman–Crippen MR) is 125 cm³/mol. The molecule has 0 aliphatic carbocycles. The molecule has 1 fully saturated rings. The third-order valence-electron chi connectivity index (χ3n) is 5.68. The molecule has 2 aromatic rings. The fourth-order valence-electron chi connectivity index (χ4n) is 3.66. The van der Waals surface area contributed by atoms with E-state index in [0.29, 0.717) is 49.2 Å². The molecule has 1 aliphatic rings. The first-order valence-corrected chi connectivity index (χ1v) is 11.3. The predicted octanol–water partition coefficient (Wildman–Crippen LogP) is 4.55. The molecule has 0 unspecified atom stereocenters. The van der Waals surface area contributed by atoms with Gasteiger partial charge in [0.15, 0.2) is 0 Å². The molecule has 0 spiro atoms. The Hall–Kier alpha value is -3.22. The summed E-state index contributed by atoms with van der Waals surface area (Å²) in [6, 6.07) is 14.5. The minimum Gasteiger partial charge on any atom is -0.495 e. The number of piperidine rings is 1. The first-order valence-electron chi connectivity index (χ1n) is 11.3. The van der Waals surface area contributed by atoms with Crippen LogP contribution in [0.25, 0.3) is 0 Å². The lowest BCUT2D eigenvalue weighted by Crippen LogP contribution is -2.43. The second kappa shape index (κ2) is 12.0. The lowest BCUT2D eigenvalue weighted by atomic mass is 9.97. The molecule has 1 aliphatic heterocycles. The molecular weight excluding hydrogens is 406 g/mol. The van der Waals surface area contributed by atoms with Gasteiger partial charge in [-0.1, -0.05) is 25.5 Å². The molecule has 0 atom stereocenters. The van der Waals surface area contributed by atoms with Crippen molar-refractivity contribution in [1.82, 2.24) is 10.2 Å². The summed E-state index contributed by atoms with van der Waals surface area (Å²) in [6.07, 6.45) is 3.81. The van der Waals surface area contributed by atoms with Crippen LogP contribution in [0, 0.1) is 5.92 Å². The molecule has 0 radical (unpaired) electrons. The van der Waals surface area contributed by atoms with Gasteiger partial charge in [-0.2, -0.15) is 0 Å². The van der Waals surface area contributed by atoms with Crippen LogP contribution < -0.4 is 20.1 Å². The number of rotatable bonds is 9. The summed E-state index contributed by atoms with van der Waals surface area (Å²) in [7, 11) is 1.58. The molecule has 7 heteroatoms. The molecule has 172 valence electrons. The van der Waals surface area contributed by atoms with Gasteiger partial charge in [-0.25, -0.2) is 4.79 Å². The van der Waals surface area contributed by atoms with Crippen LogP contribution in [0.2, 0.25) is 0 Å². The molecular formula is C25H33N3O4. The number of amides is 3. The molecule has 3 rings (SSSR count). The maximum Gasteiger partial charge on any atom is 0.321 e. The highest BCUT2D eigenvalue weighted by molar-refractivity contribution is 5.94. The van der Waals surface area contributed by atoms with E-state index in [1.807, 2.05) is 41.3 Å². The number of likely N-dealkylation sites (tertiary alicyclic amines) is 1. The number of methoxy groups -OCH3 is 1. The van der Waals surface area contributed by atoms with Crippen LogP contribution in [0.15, 0.2) is 48.5 Å². The summed E-state index contributed by atoms with van der Waals surface area (Å²) in [6.45, 7) is 4.74. The summed E-state index contributed by atoms with van der Waals surface area (Å²) in [5, 5.41) is 5.94. The van der Waals surface area contributed by atoms with Crippen LogP contribution in [0.4, 0.5) is 10.5 Å². The van der Waals surface area contributed by atoms with Crippen LogP contribution in [0.3, 0.4) is 0 Å². The zero-order valence-electron chi connectivity index (χ0n) is 18.9. The molecule has 0 bridgehead atoms. The molecule has 7 nitrogen and oxygen atoms in total. The summed E-state index contributed by atoms with van der Waals surface area (Å²) < 4.78 is 10.9. The molecule has 1 saturated heterocycles. The number of anilines is 1. The maximum atomic E-state index is 12.6. The van der Waals surface area contributed by atoms with Gasteiger partial charge in [0, 0.05) is 25.2 Å². The Morgan fingerprint density at radius 1 is 1.06 bits per heavy atom. The molecule has 0 aromatic heterocycles. The third kappa shape index (κ3) is 6.64. The van der Waals surface area contributed by atoms with Crippen molar-refractivity contribution >= 4 is 17.6 Å². The van der Waals surface area contributed by atoms with Gasteiger partial charge >= 0.3 is 6.03 Å². The van der Waals surface area contributed by atoms with Crippen LogP contribution in [-0.4, -0.2) is 50.2 Å². The molecule has 2 aromatic carbocycles. The fourth-order valence-corrected chi connectivity index (χ4v) is 3.66. The van der Waals surface area contributed by atoms with Crippen LogP contribution >= 0.6 is 0 Å². The summed E-state index contributed by atoms with van der Waals surface area (Å²) in [5.41, 5.74) is 1.29. The van der Waals surface area contributed by atoms with Gasteiger partial charge in [-0.3, -0.25) is 4.79 Å². The number of urea groups is 1. The van der Waals surface area contributed by atoms with Crippen molar-refractivity contribution in [1.29, 1.82) is 0 Å². The van der Waals surface area contributed by atoms with Crippen molar-refractivity contribution < 1.29 is 19.1 Å². The van der Waals surface area contributed by atoms with E-state index in [-0.39, 0.29) is 11.9 Å². The Balaban J connectivity index is 1.40. The minimum atomic E-state index is -0.127. The second-order valence-electron chi connectivity index (χ2n) is 8.00. The average molecular weight is 440 g/mol. The molecule has 32 heavy (non-hydrogen) atoms.